The maximum atomic E-state index is 4.45. The van der Waals surface area contributed by atoms with Gasteiger partial charge in [0.05, 0.1) is 11.4 Å². The third-order valence-corrected chi connectivity index (χ3v) is 2.17. The standard InChI is InChI=1S/C8H7N3/c1-5-6(2-9-1)8-4-10-3-7(5)11-8/h1-2,10H,3-4H2. The van der Waals surface area contributed by atoms with Gasteiger partial charge in [-0.1, -0.05) is 0 Å². The van der Waals surface area contributed by atoms with Crippen molar-refractivity contribution in [3.05, 3.63) is 23.0 Å². The number of hydrogen-bond acceptors (Lipinski definition) is 3. The molecule has 54 valence electrons. The lowest BCUT2D eigenvalue weighted by Gasteiger charge is -2.07. The van der Waals surface area contributed by atoms with Gasteiger partial charge in [0.25, 0.3) is 0 Å². The molecule has 3 nitrogen and oxygen atoms in total. The van der Waals surface area contributed by atoms with Crippen LogP contribution in [0.15, 0.2) is 33.0 Å². The van der Waals surface area contributed by atoms with Crippen LogP contribution in [0, 0.1) is 0 Å². The predicted molar refractivity (Wildman–Crippen MR) is 43.9 cm³/mol. The zero-order valence-electron chi connectivity index (χ0n) is 5.96. The fourth-order valence-electron chi connectivity index (χ4n) is 1.64. The summed E-state index contributed by atoms with van der Waals surface area (Å²) in [4.78, 5) is 8.55. The van der Waals surface area contributed by atoms with Crippen LogP contribution in [0.25, 0.3) is 0 Å². The summed E-state index contributed by atoms with van der Waals surface area (Å²) >= 11 is 0. The molecule has 0 fully saturated rings. The average molecular weight is 145 g/mol. The smallest absolute Gasteiger partial charge is 0.0640 e. The average Bonchev–Trinajstić information content (AvgIpc) is 2.58. The van der Waals surface area contributed by atoms with Gasteiger partial charge in [-0.25, -0.2) is 0 Å². The zero-order valence-corrected chi connectivity index (χ0v) is 5.96. The van der Waals surface area contributed by atoms with E-state index in [1.165, 1.54) is 11.1 Å². The van der Waals surface area contributed by atoms with E-state index >= 15 is 0 Å². The third kappa shape index (κ3) is 0.563. The Kier molecular flexibility index (Phi) is 0.830. The van der Waals surface area contributed by atoms with Crippen molar-refractivity contribution in [2.75, 3.05) is 13.1 Å². The number of hydrogen-bond donors (Lipinski definition) is 1. The monoisotopic (exact) mass is 145 g/mol. The first kappa shape index (κ1) is 5.43. The molecule has 0 unspecified atom stereocenters. The van der Waals surface area contributed by atoms with Crippen LogP contribution >= 0.6 is 0 Å². The molecule has 3 heteroatoms. The summed E-state index contributed by atoms with van der Waals surface area (Å²) in [6.45, 7) is 1.78. The number of aliphatic imine (C=N–C) groups is 2. The fraction of sp³-hybridized carbons (Fsp3) is 0.250. The van der Waals surface area contributed by atoms with E-state index < -0.39 is 0 Å². The van der Waals surface area contributed by atoms with Crippen molar-refractivity contribution in [2.45, 2.75) is 0 Å². The van der Waals surface area contributed by atoms with E-state index in [1.54, 1.807) is 0 Å². The molecular formula is C8H7N3. The highest BCUT2D eigenvalue weighted by molar-refractivity contribution is 6.17. The summed E-state index contributed by atoms with van der Waals surface area (Å²) in [5.41, 5.74) is 4.76. The lowest BCUT2D eigenvalue weighted by molar-refractivity contribution is 0.808. The number of fused-ring (bicyclic) bond motifs is 3. The van der Waals surface area contributed by atoms with E-state index in [4.69, 9.17) is 0 Å². The van der Waals surface area contributed by atoms with Crippen molar-refractivity contribution < 1.29 is 0 Å². The molecule has 0 aromatic heterocycles. The Morgan fingerprint density at radius 3 is 3.36 bits per heavy atom. The molecular weight excluding hydrogens is 138 g/mol. The maximum Gasteiger partial charge on any atom is 0.0640 e. The van der Waals surface area contributed by atoms with Gasteiger partial charge in [-0.2, -0.15) is 0 Å². The van der Waals surface area contributed by atoms with E-state index in [0.717, 1.165) is 24.5 Å². The first-order valence-electron chi connectivity index (χ1n) is 3.71. The highest BCUT2D eigenvalue weighted by atomic mass is 15.0. The Balaban J connectivity index is 2.25. The summed E-state index contributed by atoms with van der Waals surface area (Å²) in [5.74, 6) is 0. The van der Waals surface area contributed by atoms with Crippen LogP contribution in [0.4, 0.5) is 0 Å². The Bertz CT molecular complexity index is 344. The topological polar surface area (TPSA) is 36.8 Å². The van der Waals surface area contributed by atoms with Gasteiger partial charge in [-0.3, -0.25) is 9.98 Å². The molecule has 3 aliphatic heterocycles. The van der Waals surface area contributed by atoms with Gasteiger partial charge < -0.3 is 5.32 Å². The molecule has 2 bridgehead atoms. The molecule has 0 aliphatic carbocycles. The second-order valence-corrected chi connectivity index (χ2v) is 2.84. The summed E-state index contributed by atoms with van der Waals surface area (Å²) < 4.78 is 0. The van der Waals surface area contributed by atoms with Crippen molar-refractivity contribution in [1.82, 2.24) is 5.32 Å². The molecule has 0 amide bonds. The van der Waals surface area contributed by atoms with Gasteiger partial charge in [-0.05, 0) is 0 Å². The second kappa shape index (κ2) is 1.68. The molecule has 11 heavy (non-hydrogen) atoms. The Morgan fingerprint density at radius 1 is 1.36 bits per heavy atom. The Labute approximate surface area is 64.2 Å². The first-order chi connectivity index (χ1) is 5.45. The molecule has 3 heterocycles. The molecule has 0 atom stereocenters. The molecule has 0 aromatic carbocycles. The maximum absolute atomic E-state index is 4.45. The number of allylic oxidation sites excluding steroid dienone is 1. The number of nitrogens with zero attached hydrogens (tertiary/aromatic N) is 2. The van der Waals surface area contributed by atoms with Crippen LogP contribution in [-0.2, 0) is 0 Å². The second-order valence-electron chi connectivity index (χ2n) is 2.84. The summed E-state index contributed by atoms with van der Waals surface area (Å²) in [5, 5.41) is 3.28. The highest BCUT2D eigenvalue weighted by Gasteiger charge is 2.27. The molecule has 3 aliphatic rings. The Morgan fingerprint density at radius 2 is 2.36 bits per heavy atom. The highest BCUT2D eigenvalue weighted by Crippen LogP contribution is 2.28. The molecule has 1 N–H and O–H groups in total. The quantitative estimate of drug-likeness (QED) is 0.521. The van der Waals surface area contributed by atoms with E-state index in [1.807, 2.05) is 12.4 Å². The summed E-state index contributed by atoms with van der Waals surface area (Å²) in [6, 6.07) is 0. The van der Waals surface area contributed by atoms with Crippen molar-refractivity contribution in [2.24, 2.45) is 9.98 Å². The van der Waals surface area contributed by atoms with Crippen LogP contribution in [0.2, 0.25) is 0 Å². The van der Waals surface area contributed by atoms with Crippen molar-refractivity contribution in [3.8, 4) is 0 Å². The van der Waals surface area contributed by atoms with Gasteiger partial charge >= 0.3 is 0 Å². The SMILES string of the molecule is C1=NC=C2C3=NC(=C12)CNC3. The molecule has 0 spiro atoms. The van der Waals surface area contributed by atoms with Gasteiger partial charge in [0, 0.05) is 36.7 Å². The first-order valence-corrected chi connectivity index (χ1v) is 3.71. The van der Waals surface area contributed by atoms with Crippen LogP contribution in [0.1, 0.15) is 0 Å². The van der Waals surface area contributed by atoms with Gasteiger partial charge in [0.2, 0.25) is 0 Å². The minimum absolute atomic E-state index is 0.891. The summed E-state index contributed by atoms with van der Waals surface area (Å²) in [7, 11) is 0. The van der Waals surface area contributed by atoms with Crippen LogP contribution in [-0.4, -0.2) is 25.0 Å². The predicted octanol–water partition coefficient (Wildman–Crippen LogP) is 0.267. The number of rotatable bonds is 0. The fourth-order valence-corrected chi connectivity index (χ4v) is 1.64. The van der Waals surface area contributed by atoms with E-state index in [2.05, 4.69) is 15.3 Å². The number of nitrogens with one attached hydrogen (secondary N) is 1. The zero-order chi connectivity index (χ0) is 7.26. The van der Waals surface area contributed by atoms with Crippen molar-refractivity contribution in [3.63, 3.8) is 0 Å². The largest absolute Gasteiger partial charge is 0.305 e. The molecule has 0 aromatic rings. The minimum atomic E-state index is 0.891. The lowest BCUT2D eigenvalue weighted by atomic mass is 10.1. The van der Waals surface area contributed by atoms with E-state index in [9.17, 15) is 0 Å². The molecule has 0 radical (unpaired) electrons. The molecule has 3 rings (SSSR count). The molecule has 0 saturated carbocycles. The normalized spacial score (nSPS) is 25.5. The van der Waals surface area contributed by atoms with E-state index in [0.29, 0.717) is 0 Å². The van der Waals surface area contributed by atoms with Crippen LogP contribution in [0.3, 0.4) is 0 Å². The van der Waals surface area contributed by atoms with Gasteiger partial charge in [0.15, 0.2) is 0 Å². The molecule has 0 saturated heterocycles. The van der Waals surface area contributed by atoms with Gasteiger partial charge in [0.1, 0.15) is 0 Å². The van der Waals surface area contributed by atoms with Crippen LogP contribution in [0.5, 0.6) is 0 Å². The van der Waals surface area contributed by atoms with Crippen molar-refractivity contribution in [1.29, 1.82) is 0 Å². The van der Waals surface area contributed by atoms with Crippen LogP contribution < -0.4 is 5.32 Å². The van der Waals surface area contributed by atoms with E-state index in [-0.39, 0.29) is 0 Å². The summed E-state index contributed by atoms with van der Waals surface area (Å²) in [6.07, 6.45) is 3.79. The minimum Gasteiger partial charge on any atom is -0.305 e. The van der Waals surface area contributed by atoms with Gasteiger partial charge in [-0.15, -0.1) is 0 Å². The van der Waals surface area contributed by atoms with Crippen molar-refractivity contribution >= 4 is 11.9 Å². The third-order valence-electron chi connectivity index (χ3n) is 2.17. The lowest BCUT2D eigenvalue weighted by Crippen LogP contribution is -2.26. The Hall–Kier alpha value is -1.22.